The van der Waals surface area contributed by atoms with Crippen molar-refractivity contribution in [2.75, 3.05) is 0 Å². The van der Waals surface area contributed by atoms with E-state index in [4.69, 9.17) is 10.5 Å². The molecule has 2 saturated heterocycles. The van der Waals surface area contributed by atoms with Gasteiger partial charge in [-0.1, -0.05) is 28.1 Å². The first kappa shape index (κ1) is 18.4. The zero-order valence-electron chi connectivity index (χ0n) is 14.9. The number of rotatable bonds is 4. The summed E-state index contributed by atoms with van der Waals surface area (Å²) >= 11 is 3.50. The summed E-state index contributed by atoms with van der Waals surface area (Å²) in [5.41, 5.74) is 6.47. The fourth-order valence-corrected chi connectivity index (χ4v) is 4.56. The lowest BCUT2D eigenvalue weighted by Gasteiger charge is -2.58. The monoisotopic (exact) mass is 408 g/mol. The molecule has 3 fully saturated rings. The number of benzene rings is 1. The number of carbonyl (C=O) groups excluding carboxylic acids is 2. The average Bonchev–Trinajstić information content (AvgIpc) is 2.45. The molecule has 2 heterocycles. The van der Waals surface area contributed by atoms with Crippen LogP contribution in [0, 0.1) is 5.92 Å². The maximum atomic E-state index is 13.2. The van der Waals surface area contributed by atoms with Gasteiger partial charge in [0.15, 0.2) is 5.60 Å². The molecule has 1 aromatic carbocycles. The van der Waals surface area contributed by atoms with Gasteiger partial charge in [0.2, 0.25) is 0 Å². The summed E-state index contributed by atoms with van der Waals surface area (Å²) in [7, 11) is 0. The van der Waals surface area contributed by atoms with Crippen molar-refractivity contribution >= 4 is 27.8 Å². The summed E-state index contributed by atoms with van der Waals surface area (Å²) in [6.07, 6.45) is 2.59. The van der Waals surface area contributed by atoms with Gasteiger partial charge in [0.05, 0.1) is 6.04 Å². The molecule has 0 spiro atoms. The number of fused-ring (bicyclic) bond motifs is 2. The van der Waals surface area contributed by atoms with Crippen molar-refractivity contribution in [3.63, 3.8) is 0 Å². The molecule has 1 saturated carbocycles. The van der Waals surface area contributed by atoms with Gasteiger partial charge in [0, 0.05) is 23.5 Å². The van der Waals surface area contributed by atoms with E-state index in [-0.39, 0.29) is 24.0 Å². The highest BCUT2D eigenvalue weighted by Gasteiger charge is 2.53. The Balaban J connectivity index is 1.86. The fourth-order valence-electron chi connectivity index (χ4n) is 4.11. The van der Waals surface area contributed by atoms with Crippen LogP contribution in [0.2, 0.25) is 0 Å². The molecule has 0 radical (unpaired) electrons. The third-order valence-corrected chi connectivity index (χ3v) is 5.86. The number of amides is 1. The van der Waals surface area contributed by atoms with E-state index in [0.29, 0.717) is 12.3 Å². The first-order valence-electron chi connectivity index (χ1n) is 8.71. The van der Waals surface area contributed by atoms with Crippen molar-refractivity contribution in [3.8, 4) is 0 Å². The van der Waals surface area contributed by atoms with Gasteiger partial charge in [0.25, 0.3) is 5.91 Å². The number of esters is 1. The zero-order valence-corrected chi connectivity index (χ0v) is 16.5. The van der Waals surface area contributed by atoms with Crippen LogP contribution in [0.25, 0.3) is 0 Å². The number of nitrogens with two attached hydrogens (primary N) is 1. The highest BCUT2D eigenvalue weighted by atomic mass is 79.9. The Morgan fingerprint density at radius 2 is 2.04 bits per heavy atom. The molecule has 1 amide bonds. The molecule has 2 aliphatic heterocycles. The number of piperidine rings is 2. The third-order valence-electron chi connectivity index (χ3n) is 5.37. The lowest BCUT2D eigenvalue weighted by Crippen LogP contribution is -2.71. The first-order chi connectivity index (χ1) is 11.7. The summed E-state index contributed by atoms with van der Waals surface area (Å²) in [6.45, 7) is 4.64. The van der Waals surface area contributed by atoms with Crippen molar-refractivity contribution in [1.29, 1.82) is 0 Å². The molecule has 2 N–H and O–H groups in total. The number of ether oxygens (including phenoxy) is 1. The maximum Gasteiger partial charge on any atom is 0.303 e. The Morgan fingerprint density at radius 1 is 1.36 bits per heavy atom. The molecule has 4 rings (SSSR count). The second-order valence-electron chi connectivity index (χ2n) is 7.68. The molecule has 0 aromatic heterocycles. The molecule has 2 atom stereocenters. The van der Waals surface area contributed by atoms with Crippen LogP contribution in [0.15, 0.2) is 28.7 Å². The van der Waals surface area contributed by atoms with E-state index in [2.05, 4.69) is 28.1 Å². The van der Waals surface area contributed by atoms with Crippen LogP contribution in [0.3, 0.4) is 0 Å². The molecular formula is C19H25BrN2O3. The number of hydrogen-bond donors (Lipinski definition) is 1. The summed E-state index contributed by atoms with van der Waals surface area (Å²) in [6, 6.07) is 8.15. The minimum atomic E-state index is -1.18. The minimum absolute atomic E-state index is 0.0546. The normalized spacial score (nSPS) is 28.3. The lowest BCUT2D eigenvalue weighted by atomic mass is 9.66. The second kappa shape index (κ2) is 6.72. The van der Waals surface area contributed by atoms with Crippen molar-refractivity contribution < 1.29 is 14.3 Å². The summed E-state index contributed by atoms with van der Waals surface area (Å²) in [5, 5.41) is 0. The largest absolute Gasteiger partial charge is 0.450 e. The molecule has 2 unspecified atom stereocenters. The molecule has 136 valence electrons. The Hall–Kier alpha value is -1.40. The first-order valence-corrected chi connectivity index (χ1v) is 9.50. The Bertz CT molecular complexity index is 685. The molecule has 6 heteroatoms. The molecular weight excluding hydrogens is 384 g/mol. The topological polar surface area (TPSA) is 72.6 Å². The fraction of sp³-hybridized carbons (Fsp3) is 0.579. The number of halogens is 1. The Kier molecular flexibility index (Phi) is 4.95. The second-order valence-corrected chi connectivity index (χ2v) is 8.60. The third kappa shape index (κ3) is 3.60. The van der Waals surface area contributed by atoms with Gasteiger partial charge < -0.3 is 15.4 Å². The molecule has 25 heavy (non-hydrogen) atoms. The van der Waals surface area contributed by atoms with Gasteiger partial charge in [-0.05, 0) is 56.7 Å². The van der Waals surface area contributed by atoms with Crippen LogP contribution in [0.4, 0.5) is 0 Å². The van der Waals surface area contributed by atoms with Gasteiger partial charge in [-0.3, -0.25) is 9.59 Å². The van der Waals surface area contributed by atoms with E-state index in [9.17, 15) is 9.59 Å². The quantitative estimate of drug-likeness (QED) is 0.777. The van der Waals surface area contributed by atoms with Crippen molar-refractivity contribution in [1.82, 2.24) is 4.90 Å². The van der Waals surface area contributed by atoms with E-state index < -0.39 is 11.6 Å². The van der Waals surface area contributed by atoms with E-state index in [1.54, 1.807) is 13.8 Å². The van der Waals surface area contributed by atoms with E-state index in [0.717, 1.165) is 22.9 Å². The molecule has 1 aromatic rings. The molecule has 2 bridgehead atoms. The van der Waals surface area contributed by atoms with Crippen molar-refractivity contribution in [2.45, 2.75) is 63.8 Å². The summed E-state index contributed by atoms with van der Waals surface area (Å²) in [5.74, 6) is -0.126. The van der Waals surface area contributed by atoms with Gasteiger partial charge in [0.1, 0.15) is 0 Å². The highest BCUT2D eigenvalue weighted by molar-refractivity contribution is 9.10. The van der Waals surface area contributed by atoms with Crippen molar-refractivity contribution in [3.05, 3.63) is 34.3 Å². The van der Waals surface area contributed by atoms with Crippen LogP contribution >= 0.6 is 15.9 Å². The van der Waals surface area contributed by atoms with E-state index in [1.165, 1.54) is 6.92 Å². The number of hydrogen-bond acceptors (Lipinski definition) is 4. The minimum Gasteiger partial charge on any atom is -0.450 e. The summed E-state index contributed by atoms with van der Waals surface area (Å²) < 4.78 is 6.30. The van der Waals surface area contributed by atoms with Crippen molar-refractivity contribution in [2.24, 2.45) is 11.7 Å². The van der Waals surface area contributed by atoms with Crippen LogP contribution in [0.5, 0.6) is 0 Å². The molecule has 1 aliphatic carbocycles. The Morgan fingerprint density at radius 3 is 2.64 bits per heavy atom. The maximum absolute atomic E-state index is 13.2. The predicted molar refractivity (Wildman–Crippen MR) is 98.8 cm³/mol. The van der Waals surface area contributed by atoms with E-state index >= 15 is 0 Å². The highest BCUT2D eigenvalue weighted by Crippen LogP contribution is 2.44. The lowest BCUT2D eigenvalue weighted by molar-refractivity contribution is -0.178. The van der Waals surface area contributed by atoms with Gasteiger partial charge in [-0.15, -0.1) is 0 Å². The van der Waals surface area contributed by atoms with Crippen LogP contribution in [-0.4, -0.2) is 40.5 Å². The van der Waals surface area contributed by atoms with Crippen LogP contribution < -0.4 is 5.73 Å². The number of carbonyl (C=O) groups is 2. The molecule has 3 aliphatic rings. The number of nitrogens with zero attached hydrogens (tertiary/aromatic N) is 1. The average molecular weight is 409 g/mol. The Labute approximate surface area is 157 Å². The smallest absolute Gasteiger partial charge is 0.303 e. The standard InChI is InChI=1S/C19H25BrN2O3/c1-11(23)25-19(2,3)18(24)22-15-9-13(10-15)17(21)16(22)8-12-5-4-6-14(20)7-12/h4-7,13,15-17H,8-10,21H2,1-3H3. The SMILES string of the molecule is CC(=O)OC(C)(C)C(=O)N1C2CC(C2)C(N)C1Cc1cccc(Br)c1. The summed E-state index contributed by atoms with van der Waals surface area (Å²) in [4.78, 5) is 26.5. The van der Waals surface area contributed by atoms with Gasteiger partial charge >= 0.3 is 5.97 Å². The zero-order chi connectivity index (χ0) is 18.4. The van der Waals surface area contributed by atoms with Crippen LogP contribution in [-0.2, 0) is 20.7 Å². The molecule has 5 nitrogen and oxygen atoms in total. The van der Waals surface area contributed by atoms with Gasteiger partial charge in [-0.2, -0.15) is 0 Å². The van der Waals surface area contributed by atoms with E-state index in [1.807, 2.05) is 17.0 Å². The predicted octanol–water partition coefficient (Wildman–Crippen LogP) is 2.65. The van der Waals surface area contributed by atoms with Gasteiger partial charge in [-0.25, -0.2) is 0 Å². The van der Waals surface area contributed by atoms with Crippen LogP contribution in [0.1, 0.15) is 39.2 Å².